The smallest absolute Gasteiger partial charge is 0.222 e. The summed E-state index contributed by atoms with van der Waals surface area (Å²) >= 11 is 0. The number of nitrogens with two attached hydrogens (primary N) is 1. The van der Waals surface area contributed by atoms with Crippen LogP contribution < -0.4 is 5.73 Å². The molecule has 4 nitrogen and oxygen atoms in total. The van der Waals surface area contributed by atoms with Gasteiger partial charge >= 0.3 is 0 Å². The van der Waals surface area contributed by atoms with Gasteiger partial charge in [-0.25, -0.2) is 0 Å². The molecule has 2 atom stereocenters. The van der Waals surface area contributed by atoms with Crippen LogP contribution in [0.1, 0.15) is 40.0 Å². The number of aliphatic hydroxyl groups excluding tert-OH is 1. The Labute approximate surface area is 97.8 Å². The van der Waals surface area contributed by atoms with Crippen LogP contribution in [0.15, 0.2) is 0 Å². The second-order valence-corrected chi connectivity index (χ2v) is 5.59. The van der Waals surface area contributed by atoms with Crippen molar-refractivity contribution in [3.63, 3.8) is 0 Å². The second-order valence-electron chi connectivity index (χ2n) is 5.59. The lowest BCUT2D eigenvalue weighted by molar-refractivity contribution is -0.133. The Morgan fingerprint density at radius 1 is 1.56 bits per heavy atom. The van der Waals surface area contributed by atoms with E-state index in [-0.39, 0.29) is 24.1 Å². The summed E-state index contributed by atoms with van der Waals surface area (Å²) in [5.41, 5.74) is 5.56. The summed E-state index contributed by atoms with van der Waals surface area (Å²) < 4.78 is 0. The highest BCUT2D eigenvalue weighted by atomic mass is 16.3. The molecule has 94 valence electrons. The van der Waals surface area contributed by atoms with Gasteiger partial charge in [0, 0.05) is 18.5 Å². The maximum absolute atomic E-state index is 12.0. The van der Waals surface area contributed by atoms with Crippen LogP contribution >= 0.6 is 0 Å². The quantitative estimate of drug-likeness (QED) is 0.745. The summed E-state index contributed by atoms with van der Waals surface area (Å²) in [7, 11) is 0. The third kappa shape index (κ3) is 3.46. The van der Waals surface area contributed by atoms with Crippen molar-refractivity contribution in [1.29, 1.82) is 0 Å². The van der Waals surface area contributed by atoms with Crippen LogP contribution in [0, 0.1) is 5.92 Å². The minimum Gasteiger partial charge on any atom is -0.394 e. The molecule has 0 aromatic heterocycles. The minimum absolute atomic E-state index is 0.00777. The van der Waals surface area contributed by atoms with Gasteiger partial charge < -0.3 is 15.7 Å². The molecule has 1 rings (SSSR count). The lowest BCUT2D eigenvalue weighted by atomic mass is 9.99. The molecule has 0 spiro atoms. The molecule has 1 aliphatic rings. The van der Waals surface area contributed by atoms with E-state index in [4.69, 9.17) is 5.73 Å². The normalized spacial score (nSPS) is 26.2. The van der Waals surface area contributed by atoms with Crippen LogP contribution in [0.2, 0.25) is 0 Å². The van der Waals surface area contributed by atoms with Crippen molar-refractivity contribution in [2.45, 2.75) is 51.6 Å². The maximum atomic E-state index is 12.0. The van der Waals surface area contributed by atoms with Gasteiger partial charge in [-0.05, 0) is 32.6 Å². The monoisotopic (exact) mass is 228 g/mol. The number of aliphatic hydroxyl groups is 1. The Balaban J connectivity index is 2.48. The Kier molecular flexibility index (Phi) is 4.33. The summed E-state index contributed by atoms with van der Waals surface area (Å²) in [6.07, 6.45) is 2.16. The summed E-state index contributed by atoms with van der Waals surface area (Å²) in [6.45, 7) is 6.78. The zero-order chi connectivity index (χ0) is 12.3. The molecule has 0 radical (unpaired) electrons. The second kappa shape index (κ2) is 5.15. The third-order valence-electron chi connectivity index (χ3n) is 3.37. The number of carbonyl (C=O) groups excluding carboxylic acids is 1. The van der Waals surface area contributed by atoms with Gasteiger partial charge in [0.2, 0.25) is 5.91 Å². The first-order chi connectivity index (χ1) is 7.35. The largest absolute Gasteiger partial charge is 0.394 e. The molecular formula is C12H24N2O2. The Hall–Kier alpha value is -0.610. The van der Waals surface area contributed by atoms with E-state index < -0.39 is 0 Å². The van der Waals surface area contributed by atoms with Crippen molar-refractivity contribution in [2.24, 2.45) is 11.7 Å². The van der Waals surface area contributed by atoms with E-state index in [2.05, 4.69) is 6.92 Å². The average Bonchev–Trinajstić information content (AvgIpc) is 2.54. The molecule has 1 amide bonds. The number of likely N-dealkylation sites (tertiary alicyclic amines) is 1. The van der Waals surface area contributed by atoms with E-state index in [0.717, 1.165) is 13.0 Å². The minimum atomic E-state index is -0.296. The highest BCUT2D eigenvalue weighted by Crippen LogP contribution is 2.24. The Morgan fingerprint density at radius 2 is 2.19 bits per heavy atom. The number of hydrogen-bond donors (Lipinski definition) is 2. The number of nitrogens with zero attached hydrogens (tertiary/aromatic N) is 1. The molecule has 3 N–H and O–H groups in total. The molecule has 1 aliphatic heterocycles. The third-order valence-corrected chi connectivity index (χ3v) is 3.37. The van der Waals surface area contributed by atoms with E-state index >= 15 is 0 Å². The van der Waals surface area contributed by atoms with Crippen molar-refractivity contribution in [2.75, 3.05) is 13.2 Å². The predicted molar refractivity (Wildman–Crippen MR) is 63.9 cm³/mol. The zero-order valence-electron chi connectivity index (χ0n) is 10.6. The summed E-state index contributed by atoms with van der Waals surface area (Å²) in [5.74, 6) is 0.529. The fourth-order valence-corrected chi connectivity index (χ4v) is 2.17. The van der Waals surface area contributed by atoms with Gasteiger partial charge in [-0.3, -0.25) is 4.79 Å². The first-order valence-electron chi connectivity index (χ1n) is 6.04. The molecule has 1 fully saturated rings. The van der Waals surface area contributed by atoms with Gasteiger partial charge in [0.05, 0.1) is 12.6 Å². The lowest BCUT2D eigenvalue weighted by Crippen LogP contribution is -2.41. The van der Waals surface area contributed by atoms with Crippen LogP contribution in [0.5, 0.6) is 0 Å². The number of hydrogen-bond acceptors (Lipinski definition) is 3. The first kappa shape index (κ1) is 13.5. The van der Waals surface area contributed by atoms with Crippen molar-refractivity contribution < 1.29 is 9.90 Å². The van der Waals surface area contributed by atoms with Gasteiger partial charge in [-0.15, -0.1) is 0 Å². The van der Waals surface area contributed by atoms with Crippen molar-refractivity contribution in [3.05, 3.63) is 0 Å². The summed E-state index contributed by atoms with van der Waals surface area (Å²) in [5, 5.41) is 9.27. The fraction of sp³-hybridized carbons (Fsp3) is 0.917. The molecule has 0 aliphatic carbocycles. The van der Waals surface area contributed by atoms with E-state index in [9.17, 15) is 9.90 Å². The average molecular weight is 228 g/mol. The highest BCUT2D eigenvalue weighted by Gasteiger charge is 2.33. The molecular weight excluding hydrogens is 204 g/mol. The van der Waals surface area contributed by atoms with Gasteiger partial charge in [0.25, 0.3) is 0 Å². The molecule has 2 unspecified atom stereocenters. The van der Waals surface area contributed by atoms with E-state index in [1.807, 2.05) is 18.7 Å². The molecule has 1 heterocycles. The van der Waals surface area contributed by atoms with Crippen LogP contribution in [0.25, 0.3) is 0 Å². The molecule has 0 saturated carbocycles. The van der Waals surface area contributed by atoms with Crippen molar-refractivity contribution in [1.82, 2.24) is 4.90 Å². The number of rotatable bonds is 4. The van der Waals surface area contributed by atoms with E-state index in [1.165, 1.54) is 0 Å². The molecule has 0 aromatic rings. The van der Waals surface area contributed by atoms with E-state index in [1.54, 1.807) is 0 Å². The zero-order valence-corrected chi connectivity index (χ0v) is 10.6. The summed E-state index contributed by atoms with van der Waals surface area (Å²) in [4.78, 5) is 13.8. The molecule has 0 bridgehead atoms. The van der Waals surface area contributed by atoms with Crippen LogP contribution in [-0.2, 0) is 4.79 Å². The van der Waals surface area contributed by atoms with Crippen LogP contribution in [0.4, 0.5) is 0 Å². The van der Waals surface area contributed by atoms with Gasteiger partial charge in [0.15, 0.2) is 0 Å². The Morgan fingerprint density at radius 3 is 2.69 bits per heavy atom. The number of carbonyl (C=O) groups is 1. The standard InChI is InChI=1S/C12H24N2O2/c1-9-5-7-14(10(9)8-15)11(16)4-6-12(2,3)13/h9-10,15H,4-8,13H2,1-3H3. The molecule has 1 saturated heterocycles. The maximum Gasteiger partial charge on any atom is 0.222 e. The van der Waals surface area contributed by atoms with Gasteiger partial charge in [-0.1, -0.05) is 6.92 Å². The van der Waals surface area contributed by atoms with E-state index in [0.29, 0.717) is 18.8 Å². The Bertz CT molecular complexity index is 248. The van der Waals surface area contributed by atoms with Crippen LogP contribution in [-0.4, -0.2) is 40.6 Å². The van der Waals surface area contributed by atoms with Gasteiger partial charge in [-0.2, -0.15) is 0 Å². The summed E-state index contributed by atoms with van der Waals surface area (Å²) in [6, 6.07) is 0.00777. The molecule has 16 heavy (non-hydrogen) atoms. The molecule has 0 aromatic carbocycles. The topological polar surface area (TPSA) is 66.6 Å². The van der Waals surface area contributed by atoms with Gasteiger partial charge in [0.1, 0.15) is 0 Å². The fourth-order valence-electron chi connectivity index (χ4n) is 2.17. The van der Waals surface area contributed by atoms with Crippen molar-refractivity contribution >= 4 is 5.91 Å². The first-order valence-corrected chi connectivity index (χ1v) is 6.04. The number of amides is 1. The predicted octanol–water partition coefficient (Wildman–Crippen LogP) is 0.733. The molecule has 4 heteroatoms. The SMILES string of the molecule is CC1CCN(C(=O)CCC(C)(C)N)C1CO. The highest BCUT2D eigenvalue weighted by molar-refractivity contribution is 5.77. The van der Waals surface area contributed by atoms with Crippen LogP contribution in [0.3, 0.4) is 0 Å². The van der Waals surface area contributed by atoms with Crippen molar-refractivity contribution in [3.8, 4) is 0 Å². The lowest BCUT2D eigenvalue weighted by Gasteiger charge is -2.26.